The van der Waals surface area contributed by atoms with Crippen LogP contribution in [-0.2, 0) is 0 Å². The summed E-state index contributed by atoms with van der Waals surface area (Å²) in [6.45, 7) is 3.25. The molecule has 4 heteroatoms. The summed E-state index contributed by atoms with van der Waals surface area (Å²) in [6, 6.07) is 6.59. The molecule has 0 bridgehead atoms. The second kappa shape index (κ2) is 8.54. The van der Waals surface area contributed by atoms with Gasteiger partial charge >= 0.3 is 0 Å². The second-order valence-electron chi connectivity index (χ2n) is 5.52. The number of benzene rings is 1. The Hall–Kier alpha value is -0.870. The lowest BCUT2D eigenvalue weighted by atomic mass is 9.94. The number of ether oxygens (including phenoxy) is 2. The number of thioether (sulfide) groups is 1. The summed E-state index contributed by atoms with van der Waals surface area (Å²) in [7, 11) is 1.70. The lowest BCUT2D eigenvalue weighted by Gasteiger charge is -2.33. The van der Waals surface area contributed by atoms with Crippen LogP contribution in [-0.4, -0.2) is 31.8 Å². The van der Waals surface area contributed by atoms with E-state index < -0.39 is 0 Å². The Labute approximate surface area is 132 Å². The van der Waals surface area contributed by atoms with Crippen LogP contribution in [0.5, 0.6) is 11.5 Å². The lowest BCUT2D eigenvalue weighted by Crippen LogP contribution is -2.33. The maximum absolute atomic E-state index is 6.20. The third kappa shape index (κ3) is 4.55. The van der Waals surface area contributed by atoms with Crippen LogP contribution in [0, 0.1) is 0 Å². The van der Waals surface area contributed by atoms with Crippen molar-refractivity contribution >= 4 is 11.8 Å². The summed E-state index contributed by atoms with van der Waals surface area (Å²) in [6.07, 6.45) is 7.03. The number of fused-ring (bicyclic) bond motifs is 1. The Morgan fingerprint density at radius 3 is 3.00 bits per heavy atom. The minimum Gasteiger partial charge on any atom is -0.497 e. The quantitative estimate of drug-likeness (QED) is 0.734. The average Bonchev–Trinajstić information content (AvgIpc) is 2.52. The molecular formula is C17H27NO2S. The van der Waals surface area contributed by atoms with E-state index in [9.17, 15) is 0 Å². The summed E-state index contributed by atoms with van der Waals surface area (Å²) in [5.41, 5.74) is 1.27. The van der Waals surface area contributed by atoms with Gasteiger partial charge in [-0.2, -0.15) is 11.8 Å². The highest BCUT2D eigenvalue weighted by Gasteiger charge is 2.27. The first kappa shape index (κ1) is 16.5. The van der Waals surface area contributed by atoms with E-state index in [2.05, 4.69) is 24.6 Å². The molecule has 21 heavy (non-hydrogen) atoms. The van der Waals surface area contributed by atoms with Gasteiger partial charge in [0.15, 0.2) is 0 Å². The van der Waals surface area contributed by atoms with Crippen molar-refractivity contribution in [3.05, 3.63) is 23.8 Å². The molecule has 0 radical (unpaired) electrons. The Morgan fingerprint density at radius 2 is 2.29 bits per heavy atom. The summed E-state index contributed by atoms with van der Waals surface area (Å²) in [5, 5.41) is 3.66. The summed E-state index contributed by atoms with van der Waals surface area (Å²) >= 11 is 1.91. The highest BCUT2D eigenvalue weighted by atomic mass is 32.2. The molecule has 0 fully saturated rings. The van der Waals surface area contributed by atoms with Gasteiger partial charge in [-0.3, -0.25) is 0 Å². The van der Waals surface area contributed by atoms with Crippen molar-refractivity contribution < 1.29 is 9.47 Å². The van der Waals surface area contributed by atoms with Crippen molar-refractivity contribution in [2.45, 2.75) is 44.8 Å². The second-order valence-corrected chi connectivity index (χ2v) is 6.51. The molecule has 1 N–H and O–H groups in total. The van der Waals surface area contributed by atoms with Crippen molar-refractivity contribution in [1.29, 1.82) is 0 Å². The molecule has 0 aromatic heterocycles. The lowest BCUT2D eigenvalue weighted by molar-refractivity contribution is 0.140. The van der Waals surface area contributed by atoms with Crippen molar-refractivity contribution in [3.8, 4) is 11.5 Å². The molecule has 0 spiro atoms. The molecule has 1 aliphatic heterocycles. The smallest absolute Gasteiger partial charge is 0.128 e. The number of rotatable bonds is 8. The first-order chi connectivity index (χ1) is 10.3. The predicted octanol–water partition coefficient (Wildman–Crippen LogP) is 4.03. The molecule has 3 nitrogen and oxygen atoms in total. The highest BCUT2D eigenvalue weighted by molar-refractivity contribution is 7.98. The molecule has 2 rings (SSSR count). The normalized spacial score (nSPS) is 20.7. The molecule has 0 amide bonds. The SMILES string of the molecule is CCCNC1CC(CCCSC)Oc2cc(OC)ccc21. The molecular weight excluding hydrogens is 282 g/mol. The topological polar surface area (TPSA) is 30.5 Å². The van der Waals surface area contributed by atoms with Gasteiger partial charge in [0.2, 0.25) is 0 Å². The number of nitrogens with one attached hydrogen (secondary N) is 1. The third-order valence-electron chi connectivity index (χ3n) is 3.90. The van der Waals surface area contributed by atoms with E-state index in [0.717, 1.165) is 37.3 Å². The molecule has 0 aliphatic carbocycles. The zero-order valence-electron chi connectivity index (χ0n) is 13.4. The van der Waals surface area contributed by atoms with E-state index in [1.165, 1.54) is 17.7 Å². The number of methoxy groups -OCH3 is 1. The minimum absolute atomic E-state index is 0.311. The Balaban J connectivity index is 2.10. The Kier molecular flexibility index (Phi) is 6.71. The van der Waals surface area contributed by atoms with E-state index in [1.807, 2.05) is 23.9 Å². The van der Waals surface area contributed by atoms with Gasteiger partial charge < -0.3 is 14.8 Å². The minimum atomic E-state index is 0.311. The first-order valence-electron chi connectivity index (χ1n) is 7.85. The largest absolute Gasteiger partial charge is 0.497 e. The molecule has 1 aromatic carbocycles. The van der Waals surface area contributed by atoms with Crippen LogP contribution in [0.3, 0.4) is 0 Å². The van der Waals surface area contributed by atoms with Gasteiger partial charge in [-0.25, -0.2) is 0 Å². The van der Waals surface area contributed by atoms with Crippen molar-refractivity contribution in [3.63, 3.8) is 0 Å². The van der Waals surface area contributed by atoms with Gasteiger partial charge in [0.25, 0.3) is 0 Å². The molecule has 1 aliphatic rings. The van der Waals surface area contributed by atoms with Crippen molar-refractivity contribution in [1.82, 2.24) is 5.32 Å². The maximum Gasteiger partial charge on any atom is 0.128 e. The van der Waals surface area contributed by atoms with Crippen molar-refractivity contribution in [2.24, 2.45) is 0 Å². The first-order valence-corrected chi connectivity index (χ1v) is 9.24. The third-order valence-corrected chi connectivity index (χ3v) is 4.60. The van der Waals surface area contributed by atoms with Gasteiger partial charge in [0.05, 0.1) is 7.11 Å². The average molecular weight is 309 g/mol. The van der Waals surface area contributed by atoms with E-state index in [-0.39, 0.29) is 0 Å². The number of hydrogen-bond donors (Lipinski definition) is 1. The molecule has 1 aromatic rings. The van der Waals surface area contributed by atoms with Gasteiger partial charge in [0, 0.05) is 24.1 Å². The summed E-state index contributed by atoms with van der Waals surface area (Å²) in [5.74, 6) is 3.06. The standard InChI is InChI=1S/C17H27NO2S/c1-4-9-18-16-11-14(6-5-10-21-3)20-17-12-13(19-2)7-8-15(16)17/h7-8,12,14,16,18H,4-6,9-11H2,1-3H3. The van der Waals surface area contributed by atoms with Crippen LogP contribution < -0.4 is 14.8 Å². The predicted molar refractivity (Wildman–Crippen MR) is 90.7 cm³/mol. The summed E-state index contributed by atoms with van der Waals surface area (Å²) in [4.78, 5) is 0. The Bertz CT molecular complexity index is 439. The molecule has 1 heterocycles. The van der Waals surface area contributed by atoms with E-state index in [1.54, 1.807) is 7.11 Å². The molecule has 118 valence electrons. The van der Waals surface area contributed by atoms with Crippen LogP contribution in [0.4, 0.5) is 0 Å². The molecule has 0 saturated carbocycles. The maximum atomic E-state index is 6.20. The monoisotopic (exact) mass is 309 g/mol. The molecule has 2 unspecified atom stereocenters. The van der Waals surface area contributed by atoms with E-state index >= 15 is 0 Å². The van der Waals surface area contributed by atoms with Crippen LogP contribution >= 0.6 is 11.8 Å². The Morgan fingerprint density at radius 1 is 1.43 bits per heavy atom. The van der Waals surface area contributed by atoms with Gasteiger partial charge in [-0.15, -0.1) is 0 Å². The van der Waals surface area contributed by atoms with Crippen LogP contribution in [0.15, 0.2) is 18.2 Å². The van der Waals surface area contributed by atoms with Crippen molar-refractivity contribution in [2.75, 3.05) is 25.7 Å². The van der Waals surface area contributed by atoms with E-state index in [0.29, 0.717) is 12.1 Å². The fourth-order valence-corrected chi connectivity index (χ4v) is 3.25. The number of hydrogen-bond acceptors (Lipinski definition) is 4. The highest BCUT2D eigenvalue weighted by Crippen LogP contribution is 2.38. The van der Waals surface area contributed by atoms with Gasteiger partial charge in [-0.1, -0.05) is 13.0 Å². The van der Waals surface area contributed by atoms with Gasteiger partial charge in [-0.05, 0) is 43.9 Å². The van der Waals surface area contributed by atoms with Crippen LogP contribution in [0.25, 0.3) is 0 Å². The van der Waals surface area contributed by atoms with Crippen LogP contribution in [0.2, 0.25) is 0 Å². The fourth-order valence-electron chi connectivity index (χ4n) is 2.79. The summed E-state index contributed by atoms with van der Waals surface area (Å²) < 4.78 is 11.5. The zero-order valence-corrected chi connectivity index (χ0v) is 14.2. The zero-order chi connectivity index (χ0) is 15.1. The fraction of sp³-hybridized carbons (Fsp3) is 0.647. The molecule has 0 saturated heterocycles. The van der Waals surface area contributed by atoms with Crippen LogP contribution in [0.1, 0.15) is 44.2 Å². The van der Waals surface area contributed by atoms with E-state index in [4.69, 9.17) is 9.47 Å². The van der Waals surface area contributed by atoms with Gasteiger partial charge in [0.1, 0.15) is 17.6 Å². The molecule has 2 atom stereocenters.